The molecule has 0 spiro atoms. The highest BCUT2D eigenvalue weighted by Gasteiger charge is 2.09. The molecule has 0 aliphatic carbocycles. The van der Waals surface area contributed by atoms with Crippen LogP contribution in [0.25, 0.3) is 0 Å². The summed E-state index contributed by atoms with van der Waals surface area (Å²) in [5, 5.41) is 11.8. The number of hydrogen-bond donors (Lipinski definition) is 2. The maximum atomic E-state index is 12.0. The predicted octanol–water partition coefficient (Wildman–Crippen LogP) is 1.83. The van der Waals surface area contributed by atoms with E-state index in [0.717, 1.165) is 10.4 Å². The van der Waals surface area contributed by atoms with E-state index in [1.807, 2.05) is 6.92 Å². The first-order valence-electron chi connectivity index (χ1n) is 5.97. The van der Waals surface area contributed by atoms with Crippen LogP contribution in [0.2, 0.25) is 0 Å². The zero-order chi connectivity index (χ0) is 14.4. The Bertz CT molecular complexity index is 670. The molecule has 0 radical (unpaired) electrons. The molecule has 2 N–H and O–H groups in total. The second kappa shape index (κ2) is 6.80. The lowest BCUT2D eigenvalue weighted by Crippen LogP contribution is -2.12. The van der Waals surface area contributed by atoms with E-state index in [0.29, 0.717) is 17.1 Å². The van der Waals surface area contributed by atoms with Crippen LogP contribution in [0.1, 0.15) is 27.2 Å². The molecule has 2 rings (SSSR count). The van der Waals surface area contributed by atoms with Crippen molar-refractivity contribution in [2.75, 3.05) is 11.9 Å². The van der Waals surface area contributed by atoms with Gasteiger partial charge in [0.05, 0.1) is 23.2 Å². The fraction of sp³-hybridized carbons (Fsp3) is 0.214. The van der Waals surface area contributed by atoms with E-state index in [9.17, 15) is 4.79 Å². The number of carbonyl (C=O) groups excluding carboxylic acids is 1. The smallest absolute Gasteiger partial charge is 0.259 e. The number of aryl methyl sites for hydroxylation is 1. The van der Waals surface area contributed by atoms with Gasteiger partial charge in [-0.25, -0.2) is 4.98 Å². The minimum atomic E-state index is -0.245. The summed E-state index contributed by atoms with van der Waals surface area (Å²) in [6.45, 7) is 1.91. The number of pyridine rings is 1. The molecule has 2 aromatic rings. The van der Waals surface area contributed by atoms with Crippen LogP contribution in [-0.2, 0) is 0 Å². The van der Waals surface area contributed by atoms with E-state index < -0.39 is 0 Å². The van der Waals surface area contributed by atoms with Crippen LogP contribution in [0, 0.1) is 18.8 Å². The first-order valence-corrected chi connectivity index (χ1v) is 6.79. The molecule has 0 unspecified atom stereocenters. The van der Waals surface area contributed by atoms with Gasteiger partial charge in [0.1, 0.15) is 0 Å². The minimum Gasteiger partial charge on any atom is -0.395 e. The Morgan fingerprint density at radius 2 is 2.30 bits per heavy atom. The van der Waals surface area contributed by atoms with Gasteiger partial charge in [0.15, 0.2) is 5.13 Å². The van der Waals surface area contributed by atoms with Crippen LogP contribution >= 0.6 is 11.3 Å². The fourth-order valence-electron chi connectivity index (χ4n) is 1.44. The van der Waals surface area contributed by atoms with Crippen LogP contribution in [0.5, 0.6) is 0 Å². The lowest BCUT2D eigenvalue weighted by molar-refractivity contribution is 0.102. The van der Waals surface area contributed by atoms with E-state index in [2.05, 4.69) is 27.1 Å². The number of nitrogens with zero attached hydrogens (tertiary/aromatic N) is 2. The maximum absolute atomic E-state index is 12.0. The molecule has 2 aromatic heterocycles. The highest BCUT2D eigenvalue weighted by Crippen LogP contribution is 2.18. The zero-order valence-corrected chi connectivity index (χ0v) is 11.7. The van der Waals surface area contributed by atoms with E-state index in [4.69, 9.17) is 5.11 Å². The molecule has 5 nitrogen and oxygen atoms in total. The Morgan fingerprint density at radius 3 is 3.05 bits per heavy atom. The molecule has 20 heavy (non-hydrogen) atoms. The summed E-state index contributed by atoms with van der Waals surface area (Å²) in [5.41, 5.74) is 1.42. The molecule has 102 valence electrons. The Balaban J connectivity index is 2.04. The standard InChI is InChI=1S/C14H13N3O2S/c1-10-6-11(8-15-7-10)13(19)17-14-16-9-12(20-14)4-2-3-5-18/h6-9,18H,3,5H2,1H3,(H,16,17,19). The lowest BCUT2D eigenvalue weighted by atomic mass is 10.2. The Labute approximate surface area is 120 Å². The van der Waals surface area contributed by atoms with Crippen LogP contribution in [-0.4, -0.2) is 27.6 Å². The third kappa shape index (κ3) is 3.88. The van der Waals surface area contributed by atoms with Gasteiger partial charge >= 0.3 is 0 Å². The minimum absolute atomic E-state index is 0.0375. The molecule has 0 aliphatic heterocycles. The number of thiazole rings is 1. The van der Waals surface area contributed by atoms with Gasteiger partial charge in [-0.15, -0.1) is 0 Å². The predicted molar refractivity (Wildman–Crippen MR) is 77.6 cm³/mol. The molecule has 0 bridgehead atoms. The highest BCUT2D eigenvalue weighted by molar-refractivity contribution is 7.16. The number of hydrogen-bond acceptors (Lipinski definition) is 5. The Morgan fingerprint density at radius 1 is 1.45 bits per heavy atom. The molecular weight excluding hydrogens is 274 g/mol. The van der Waals surface area contributed by atoms with Crippen molar-refractivity contribution in [3.05, 3.63) is 40.7 Å². The molecular formula is C14H13N3O2S. The average molecular weight is 287 g/mol. The first kappa shape index (κ1) is 14.2. The number of carbonyl (C=O) groups is 1. The van der Waals surface area contributed by atoms with Crippen molar-refractivity contribution in [3.8, 4) is 11.8 Å². The van der Waals surface area contributed by atoms with Gasteiger partial charge in [0, 0.05) is 18.8 Å². The van der Waals surface area contributed by atoms with Gasteiger partial charge < -0.3 is 5.11 Å². The summed E-state index contributed by atoms with van der Waals surface area (Å²) in [4.78, 5) is 20.8. The zero-order valence-electron chi connectivity index (χ0n) is 10.9. The molecule has 0 atom stereocenters. The van der Waals surface area contributed by atoms with Gasteiger partial charge in [-0.05, 0) is 18.6 Å². The lowest BCUT2D eigenvalue weighted by Gasteiger charge is -2.01. The van der Waals surface area contributed by atoms with Crippen molar-refractivity contribution in [2.45, 2.75) is 13.3 Å². The summed E-state index contributed by atoms with van der Waals surface area (Å²) in [5.74, 6) is 5.43. The second-order valence-corrected chi connectivity index (χ2v) is 5.04. The number of rotatable bonds is 3. The average Bonchev–Trinajstić information content (AvgIpc) is 2.86. The summed E-state index contributed by atoms with van der Waals surface area (Å²) in [6.07, 6.45) is 5.22. The topological polar surface area (TPSA) is 75.1 Å². The Kier molecular flexibility index (Phi) is 4.82. The Hall–Kier alpha value is -2.23. The van der Waals surface area contributed by atoms with Crippen molar-refractivity contribution in [1.29, 1.82) is 0 Å². The van der Waals surface area contributed by atoms with E-state index >= 15 is 0 Å². The van der Waals surface area contributed by atoms with Crippen molar-refractivity contribution in [2.24, 2.45) is 0 Å². The summed E-state index contributed by atoms with van der Waals surface area (Å²) < 4.78 is 0. The van der Waals surface area contributed by atoms with Crippen LogP contribution < -0.4 is 5.32 Å². The van der Waals surface area contributed by atoms with Crippen molar-refractivity contribution in [3.63, 3.8) is 0 Å². The molecule has 0 aromatic carbocycles. The number of amides is 1. The molecule has 0 fully saturated rings. The SMILES string of the molecule is Cc1cncc(C(=O)Nc2ncc(C#CCCO)s2)c1. The number of nitrogens with one attached hydrogen (secondary N) is 1. The quantitative estimate of drug-likeness (QED) is 0.845. The van der Waals surface area contributed by atoms with E-state index in [1.165, 1.54) is 17.5 Å². The molecule has 0 saturated carbocycles. The van der Waals surface area contributed by atoms with Crippen LogP contribution in [0.3, 0.4) is 0 Å². The van der Waals surface area contributed by atoms with E-state index in [-0.39, 0.29) is 12.5 Å². The molecule has 6 heteroatoms. The van der Waals surface area contributed by atoms with E-state index in [1.54, 1.807) is 18.5 Å². The second-order valence-electron chi connectivity index (χ2n) is 4.01. The molecule has 2 heterocycles. The third-order valence-electron chi connectivity index (χ3n) is 2.31. The number of aromatic nitrogens is 2. The first-order chi connectivity index (χ1) is 9.69. The molecule has 1 amide bonds. The number of aliphatic hydroxyl groups is 1. The van der Waals surface area contributed by atoms with Gasteiger partial charge in [-0.2, -0.15) is 0 Å². The van der Waals surface area contributed by atoms with Gasteiger partial charge in [-0.1, -0.05) is 23.2 Å². The monoisotopic (exact) mass is 287 g/mol. The third-order valence-corrected chi connectivity index (χ3v) is 3.14. The van der Waals surface area contributed by atoms with Crippen molar-refractivity contribution in [1.82, 2.24) is 9.97 Å². The van der Waals surface area contributed by atoms with Crippen molar-refractivity contribution < 1.29 is 9.90 Å². The maximum Gasteiger partial charge on any atom is 0.259 e. The number of anilines is 1. The normalized spacial score (nSPS) is 9.70. The summed E-state index contributed by atoms with van der Waals surface area (Å²) >= 11 is 1.29. The van der Waals surface area contributed by atoms with Gasteiger partial charge in [-0.3, -0.25) is 15.1 Å². The molecule has 0 aliphatic rings. The van der Waals surface area contributed by atoms with Gasteiger partial charge in [0.25, 0.3) is 5.91 Å². The van der Waals surface area contributed by atoms with Crippen LogP contribution in [0.15, 0.2) is 24.7 Å². The molecule has 0 saturated heterocycles. The van der Waals surface area contributed by atoms with Crippen molar-refractivity contribution >= 4 is 22.4 Å². The van der Waals surface area contributed by atoms with Crippen LogP contribution in [0.4, 0.5) is 5.13 Å². The highest BCUT2D eigenvalue weighted by atomic mass is 32.1. The summed E-state index contributed by atoms with van der Waals surface area (Å²) in [6, 6.07) is 1.76. The summed E-state index contributed by atoms with van der Waals surface area (Å²) in [7, 11) is 0. The largest absolute Gasteiger partial charge is 0.395 e. The number of aliphatic hydroxyl groups excluding tert-OH is 1. The fourth-order valence-corrected chi connectivity index (χ4v) is 2.13. The van der Waals surface area contributed by atoms with Gasteiger partial charge in [0.2, 0.25) is 0 Å².